The van der Waals surface area contributed by atoms with E-state index in [1.54, 1.807) is 18.2 Å². The first-order valence-corrected chi connectivity index (χ1v) is 11.6. The number of esters is 1. The van der Waals surface area contributed by atoms with Gasteiger partial charge in [-0.15, -0.1) is 0 Å². The van der Waals surface area contributed by atoms with Crippen molar-refractivity contribution in [3.63, 3.8) is 0 Å². The molecule has 0 saturated carbocycles. The molecule has 1 aliphatic rings. The van der Waals surface area contributed by atoms with Crippen LogP contribution in [0.5, 0.6) is 5.75 Å². The summed E-state index contributed by atoms with van der Waals surface area (Å²) in [4.78, 5) is 26.7. The molecule has 33 heavy (non-hydrogen) atoms. The minimum atomic E-state index is -0.557. The maximum absolute atomic E-state index is 12.2. The van der Waals surface area contributed by atoms with Crippen LogP contribution in [0.2, 0.25) is 0 Å². The van der Waals surface area contributed by atoms with E-state index in [4.69, 9.17) is 9.47 Å². The number of rotatable bonds is 13. The zero-order chi connectivity index (χ0) is 23.5. The van der Waals surface area contributed by atoms with E-state index in [1.807, 2.05) is 24.3 Å². The number of nitrogens with zero attached hydrogens (tertiary/aromatic N) is 2. The summed E-state index contributed by atoms with van der Waals surface area (Å²) in [6.45, 7) is 2.92. The summed E-state index contributed by atoms with van der Waals surface area (Å²) < 4.78 is 11.1. The zero-order valence-corrected chi connectivity index (χ0v) is 19.0. The fourth-order valence-corrected chi connectivity index (χ4v) is 3.50. The van der Waals surface area contributed by atoms with Crippen LogP contribution in [0.4, 0.5) is 5.69 Å². The standard InChI is InChI=1S/C26H30N2O5/c1-2-3-4-5-6-7-8-9-18-32-23-16-12-21(13-17-23)25-27-24(26(29)33-25)19-20-10-14-22(15-11-20)28(30)31/h10-17,19H,2-9,18H2,1H3. The molecule has 7 nitrogen and oxygen atoms in total. The minimum absolute atomic E-state index is 0.0138. The molecule has 2 aromatic rings. The maximum Gasteiger partial charge on any atom is 0.363 e. The highest BCUT2D eigenvalue weighted by Gasteiger charge is 2.24. The zero-order valence-electron chi connectivity index (χ0n) is 19.0. The predicted molar refractivity (Wildman–Crippen MR) is 128 cm³/mol. The molecule has 0 unspecified atom stereocenters. The van der Waals surface area contributed by atoms with Crippen LogP contribution in [-0.2, 0) is 9.53 Å². The monoisotopic (exact) mass is 450 g/mol. The van der Waals surface area contributed by atoms with Crippen molar-refractivity contribution in [2.24, 2.45) is 4.99 Å². The van der Waals surface area contributed by atoms with Gasteiger partial charge >= 0.3 is 5.97 Å². The Morgan fingerprint density at radius 3 is 2.21 bits per heavy atom. The maximum atomic E-state index is 12.2. The van der Waals surface area contributed by atoms with E-state index in [9.17, 15) is 14.9 Å². The highest BCUT2D eigenvalue weighted by atomic mass is 16.6. The molecular weight excluding hydrogens is 420 g/mol. The molecule has 0 N–H and O–H groups in total. The first kappa shape index (κ1) is 24.2. The van der Waals surface area contributed by atoms with Crippen molar-refractivity contribution in [2.75, 3.05) is 6.61 Å². The lowest BCUT2D eigenvalue weighted by Crippen LogP contribution is -2.05. The molecule has 0 bridgehead atoms. The van der Waals surface area contributed by atoms with Gasteiger partial charge in [0.1, 0.15) is 5.75 Å². The number of nitro benzene ring substituents is 1. The lowest BCUT2D eigenvalue weighted by Gasteiger charge is -2.07. The number of hydrogen-bond acceptors (Lipinski definition) is 6. The van der Waals surface area contributed by atoms with Crippen LogP contribution < -0.4 is 4.74 Å². The summed E-state index contributed by atoms with van der Waals surface area (Å²) in [7, 11) is 0. The smallest absolute Gasteiger partial charge is 0.363 e. The molecule has 3 rings (SSSR count). The van der Waals surface area contributed by atoms with Gasteiger partial charge in [-0.2, -0.15) is 0 Å². The number of hydrogen-bond donors (Lipinski definition) is 0. The molecular formula is C26H30N2O5. The van der Waals surface area contributed by atoms with Crippen molar-refractivity contribution in [1.82, 2.24) is 0 Å². The first-order chi connectivity index (χ1) is 16.1. The van der Waals surface area contributed by atoms with E-state index in [2.05, 4.69) is 11.9 Å². The molecule has 1 heterocycles. The normalized spacial score (nSPS) is 14.3. The molecule has 174 valence electrons. The van der Waals surface area contributed by atoms with Gasteiger partial charge in [0.2, 0.25) is 5.90 Å². The average Bonchev–Trinajstić information content (AvgIpc) is 3.18. The van der Waals surface area contributed by atoms with Crippen molar-refractivity contribution in [2.45, 2.75) is 58.3 Å². The Labute approximate surface area is 194 Å². The lowest BCUT2D eigenvalue weighted by atomic mass is 10.1. The molecule has 0 amide bonds. The van der Waals surface area contributed by atoms with Gasteiger partial charge < -0.3 is 9.47 Å². The van der Waals surface area contributed by atoms with Gasteiger partial charge in [-0.25, -0.2) is 9.79 Å². The molecule has 0 saturated heterocycles. The Morgan fingerprint density at radius 2 is 1.58 bits per heavy atom. The predicted octanol–water partition coefficient (Wildman–Crippen LogP) is 6.46. The number of carbonyl (C=O) groups excluding carboxylic acids is 1. The highest BCUT2D eigenvalue weighted by molar-refractivity contribution is 6.12. The van der Waals surface area contributed by atoms with E-state index < -0.39 is 10.9 Å². The largest absolute Gasteiger partial charge is 0.494 e. The van der Waals surface area contributed by atoms with Crippen LogP contribution in [0.3, 0.4) is 0 Å². The van der Waals surface area contributed by atoms with E-state index in [0.717, 1.165) is 12.2 Å². The van der Waals surface area contributed by atoms with Crippen LogP contribution in [-0.4, -0.2) is 23.4 Å². The Hall–Kier alpha value is -3.48. The quantitative estimate of drug-likeness (QED) is 0.115. The van der Waals surface area contributed by atoms with Crippen LogP contribution >= 0.6 is 0 Å². The number of cyclic esters (lactones) is 1. The molecule has 7 heteroatoms. The molecule has 2 aromatic carbocycles. The molecule has 0 fully saturated rings. The van der Waals surface area contributed by atoms with Crippen molar-refractivity contribution < 1.29 is 19.2 Å². The number of non-ortho nitro benzene ring substituents is 1. The number of benzene rings is 2. The number of nitro groups is 1. The van der Waals surface area contributed by atoms with Gasteiger partial charge in [0, 0.05) is 17.7 Å². The summed E-state index contributed by atoms with van der Waals surface area (Å²) in [6.07, 6.45) is 11.6. The van der Waals surface area contributed by atoms with Crippen LogP contribution in [0.15, 0.2) is 59.2 Å². The summed E-state index contributed by atoms with van der Waals surface area (Å²) in [6, 6.07) is 13.2. The average molecular weight is 451 g/mol. The van der Waals surface area contributed by atoms with Crippen molar-refractivity contribution in [1.29, 1.82) is 0 Å². The van der Waals surface area contributed by atoms with Crippen LogP contribution in [0.1, 0.15) is 69.4 Å². The highest BCUT2D eigenvalue weighted by Crippen LogP contribution is 2.22. The summed E-state index contributed by atoms with van der Waals surface area (Å²) in [5.41, 5.74) is 1.44. The Bertz CT molecular complexity index is 994. The number of aliphatic imine (C=N–C) groups is 1. The molecule has 0 atom stereocenters. The Kier molecular flexibility index (Phi) is 9.18. The van der Waals surface area contributed by atoms with Gasteiger partial charge in [0.15, 0.2) is 5.70 Å². The van der Waals surface area contributed by atoms with Crippen LogP contribution in [0.25, 0.3) is 6.08 Å². The lowest BCUT2D eigenvalue weighted by molar-refractivity contribution is -0.384. The number of ether oxygens (including phenoxy) is 2. The Morgan fingerprint density at radius 1 is 0.939 bits per heavy atom. The topological polar surface area (TPSA) is 91.0 Å². The third-order valence-electron chi connectivity index (χ3n) is 5.40. The van der Waals surface area contributed by atoms with E-state index >= 15 is 0 Å². The van der Waals surface area contributed by atoms with Crippen molar-refractivity contribution >= 4 is 23.6 Å². The molecule has 0 spiro atoms. The molecule has 0 aliphatic carbocycles. The Balaban J connectivity index is 1.48. The van der Waals surface area contributed by atoms with Crippen molar-refractivity contribution in [3.05, 3.63) is 75.5 Å². The van der Waals surface area contributed by atoms with Crippen LogP contribution in [0, 0.1) is 10.1 Å². The van der Waals surface area contributed by atoms with Gasteiger partial charge in [0.05, 0.1) is 11.5 Å². The van der Waals surface area contributed by atoms with Crippen molar-refractivity contribution in [3.8, 4) is 5.75 Å². The molecule has 1 aliphatic heterocycles. The van der Waals surface area contributed by atoms with E-state index in [0.29, 0.717) is 17.7 Å². The van der Waals surface area contributed by atoms with Gasteiger partial charge in [-0.1, -0.05) is 51.9 Å². The number of unbranched alkanes of at least 4 members (excludes halogenated alkanes) is 7. The second-order valence-corrected chi connectivity index (χ2v) is 8.03. The second kappa shape index (κ2) is 12.5. The van der Waals surface area contributed by atoms with Gasteiger partial charge in [-0.3, -0.25) is 10.1 Å². The molecule has 0 aromatic heterocycles. The fraction of sp³-hybridized carbons (Fsp3) is 0.385. The summed E-state index contributed by atoms with van der Waals surface area (Å²) in [5.74, 6) is 0.439. The molecule has 0 radical (unpaired) electrons. The summed E-state index contributed by atoms with van der Waals surface area (Å²) >= 11 is 0. The fourth-order valence-electron chi connectivity index (χ4n) is 3.50. The summed E-state index contributed by atoms with van der Waals surface area (Å²) in [5, 5.41) is 10.8. The van der Waals surface area contributed by atoms with Gasteiger partial charge in [-0.05, 0) is 54.5 Å². The van der Waals surface area contributed by atoms with Gasteiger partial charge in [0.25, 0.3) is 5.69 Å². The first-order valence-electron chi connectivity index (χ1n) is 11.6. The number of carbonyl (C=O) groups is 1. The van der Waals surface area contributed by atoms with E-state index in [-0.39, 0.29) is 17.3 Å². The minimum Gasteiger partial charge on any atom is -0.494 e. The van der Waals surface area contributed by atoms with E-state index in [1.165, 1.54) is 57.1 Å². The second-order valence-electron chi connectivity index (χ2n) is 8.03. The third kappa shape index (κ3) is 7.56. The third-order valence-corrected chi connectivity index (χ3v) is 5.40. The SMILES string of the molecule is CCCCCCCCCCOc1ccc(C2=NC(=Cc3ccc([N+](=O)[O-])cc3)C(=O)O2)cc1.